The predicted octanol–water partition coefficient (Wildman–Crippen LogP) is 6.47. The molecule has 2 aromatic heterocycles. The van der Waals surface area contributed by atoms with E-state index in [4.69, 9.17) is 9.72 Å². The number of aromatic nitrogens is 2. The summed E-state index contributed by atoms with van der Waals surface area (Å²) in [6.45, 7) is 0.494. The molecule has 5 aromatic rings. The molecule has 5 nitrogen and oxygen atoms in total. The fourth-order valence-electron chi connectivity index (χ4n) is 3.87. The Balaban J connectivity index is 1.25. The fourth-order valence-corrected chi connectivity index (χ4v) is 3.87. The smallest absolute Gasteiger partial charge is 0.224 e. The van der Waals surface area contributed by atoms with Gasteiger partial charge in [0.25, 0.3) is 0 Å². The summed E-state index contributed by atoms with van der Waals surface area (Å²) >= 11 is 0. The largest absolute Gasteiger partial charge is 0.494 e. The second kappa shape index (κ2) is 10.0. The van der Waals surface area contributed by atoms with Gasteiger partial charge in [0, 0.05) is 24.4 Å². The number of anilines is 1. The Labute approximate surface area is 198 Å². The van der Waals surface area contributed by atoms with E-state index in [9.17, 15) is 4.79 Å². The summed E-state index contributed by atoms with van der Waals surface area (Å²) in [7, 11) is 0. The van der Waals surface area contributed by atoms with Gasteiger partial charge in [-0.3, -0.25) is 4.79 Å². The number of nitrogens with one attached hydrogen (secondary N) is 1. The van der Waals surface area contributed by atoms with Gasteiger partial charge in [-0.05, 0) is 41.8 Å². The third kappa shape index (κ3) is 4.99. The molecule has 0 aliphatic carbocycles. The number of para-hydroxylation sites is 1. The summed E-state index contributed by atoms with van der Waals surface area (Å²) in [4.78, 5) is 17.3. The first kappa shape index (κ1) is 21.5. The molecule has 0 saturated carbocycles. The highest BCUT2D eigenvalue weighted by Gasteiger charge is 2.11. The van der Waals surface area contributed by atoms with Crippen LogP contribution in [0.15, 0.2) is 109 Å². The van der Waals surface area contributed by atoms with Crippen LogP contribution in [0, 0.1) is 0 Å². The third-order valence-corrected chi connectivity index (χ3v) is 5.60. The van der Waals surface area contributed by atoms with Crippen LogP contribution < -0.4 is 10.1 Å². The van der Waals surface area contributed by atoms with E-state index in [1.807, 2.05) is 77.5 Å². The van der Waals surface area contributed by atoms with Crippen molar-refractivity contribution in [3.8, 4) is 28.1 Å². The van der Waals surface area contributed by atoms with Crippen molar-refractivity contribution in [3.05, 3.63) is 109 Å². The van der Waals surface area contributed by atoms with Crippen molar-refractivity contribution in [1.29, 1.82) is 0 Å². The van der Waals surface area contributed by atoms with Crippen LogP contribution in [0.25, 0.3) is 28.0 Å². The van der Waals surface area contributed by atoms with E-state index in [0.29, 0.717) is 25.1 Å². The summed E-state index contributed by atoms with van der Waals surface area (Å²) in [6, 6.07) is 32.1. The molecule has 0 aliphatic heterocycles. The van der Waals surface area contributed by atoms with E-state index in [1.165, 1.54) is 5.56 Å². The first-order valence-electron chi connectivity index (χ1n) is 11.4. The molecular formula is C29H25N3O2. The Kier molecular flexibility index (Phi) is 6.34. The van der Waals surface area contributed by atoms with Crippen LogP contribution in [0.5, 0.6) is 5.75 Å². The average Bonchev–Trinajstić information content (AvgIpc) is 3.33. The van der Waals surface area contributed by atoms with Gasteiger partial charge >= 0.3 is 0 Å². The topological polar surface area (TPSA) is 55.6 Å². The fraction of sp³-hybridized carbons (Fsp3) is 0.103. The molecule has 0 fully saturated rings. The molecule has 0 radical (unpaired) electrons. The van der Waals surface area contributed by atoms with Crippen LogP contribution in [0.2, 0.25) is 0 Å². The van der Waals surface area contributed by atoms with Gasteiger partial charge in [0.2, 0.25) is 5.91 Å². The van der Waals surface area contributed by atoms with Gasteiger partial charge < -0.3 is 14.5 Å². The second-order valence-corrected chi connectivity index (χ2v) is 8.04. The summed E-state index contributed by atoms with van der Waals surface area (Å²) < 4.78 is 7.61. The van der Waals surface area contributed by atoms with E-state index < -0.39 is 0 Å². The molecule has 0 atom stereocenters. The Hall–Kier alpha value is -4.38. The van der Waals surface area contributed by atoms with Crippen LogP contribution in [-0.4, -0.2) is 21.9 Å². The molecule has 1 N–H and O–H groups in total. The van der Waals surface area contributed by atoms with E-state index in [1.54, 1.807) is 0 Å². The standard InChI is InChI=1S/C29H25N3O2/c33-28(14-8-20-34-25-11-5-2-6-12-25)30-26-13-7-19-32-21-27(31-29(26)32)24-17-15-23(16-18-24)22-9-3-1-4-10-22/h1-7,9-13,15-19,21H,8,14,20H2,(H,30,33). The molecule has 34 heavy (non-hydrogen) atoms. The zero-order chi connectivity index (χ0) is 23.2. The Bertz CT molecular complexity index is 1380. The highest BCUT2D eigenvalue weighted by Crippen LogP contribution is 2.26. The molecule has 1 amide bonds. The van der Waals surface area contributed by atoms with E-state index in [2.05, 4.69) is 41.7 Å². The number of carbonyl (C=O) groups is 1. The maximum absolute atomic E-state index is 12.5. The minimum atomic E-state index is -0.0541. The van der Waals surface area contributed by atoms with Crippen LogP contribution in [0.3, 0.4) is 0 Å². The maximum atomic E-state index is 12.5. The summed E-state index contributed by atoms with van der Waals surface area (Å²) in [6.07, 6.45) is 4.93. The van der Waals surface area contributed by atoms with Crippen LogP contribution in [0.4, 0.5) is 5.69 Å². The zero-order valence-electron chi connectivity index (χ0n) is 18.7. The zero-order valence-corrected chi connectivity index (χ0v) is 18.7. The molecule has 0 unspecified atom stereocenters. The van der Waals surface area contributed by atoms with Crippen molar-refractivity contribution >= 4 is 17.2 Å². The van der Waals surface area contributed by atoms with E-state index in [0.717, 1.165) is 28.2 Å². The van der Waals surface area contributed by atoms with Crippen molar-refractivity contribution in [2.24, 2.45) is 0 Å². The third-order valence-electron chi connectivity index (χ3n) is 5.60. The first-order valence-corrected chi connectivity index (χ1v) is 11.4. The maximum Gasteiger partial charge on any atom is 0.224 e. The van der Waals surface area contributed by atoms with Crippen molar-refractivity contribution in [2.75, 3.05) is 11.9 Å². The Morgan fingerprint density at radius 1 is 0.794 bits per heavy atom. The van der Waals surface area contributed by atoms with Gasteiger partial charge in [-0.25, -0.2) is 4.98 Å². The highest BCUT2D eigenvalue weighted by atomic mass is 16.5. The number of carbonyl (C=O) groups excluding carboxylic acids is 1. The highest BCUT2D eigenvalue weighted by molar-refractivity contribution is 5.94. The molecule has 168 valence electrons. The van der Waals surface area contributed by atoms with Gasteiger partial charge in [0.05, 0.1) is 18.0 Å². The number of hydrogen-bond acceptors (Lipinski definition) is 3. The lowest BCUT2D eigenvalue weighted by Crippen LogP contribution is -2.13. The van der Waals surface area contributed by atoms with Gasteiger partial charge in [-0.1, -0.05) is 72.8 Å². The van der Waals surface area contributed by atoms with Crippen LogP contribution in [-0.2, 0) is 4.79 Å². The number of fused-ring (bicyclic) bond motifs is 1. The lowest BCUT2D eigenvalue weighted by atomic mass is 10.0. The molecule has 5 heteroatoms. The molecule has 0 saturated heterocycles. The normalized spacial score (nSPS) is 10.8. The summed E-state index contributed by atoms with van der Waals surface area (Å²) in [5.74, 6) is 0.760. The number of rotatable bonds is 8. The molecule has 0 spiro atoms. The summed E-state index contributed by atoms with van der Waals surface area (Å²) in [5, 5.41) is 3.00. The average molecular weight is 448 g/mol. The molecular weight excluding hydrogens is 422 g/mol. The molecule has 0 bridgehead atoms. The van der Waals surface area contributed by atoms with Crippen molar-refractivity contribution in [1.82, 2.24) is 9.38 Å². The van der Waals surface area contributed by atoms with Gasteiger partial charge in [0.1, 0.15) is 5.75 Å². The van der Waals surface area contributed by atoms with Gasteiger partial charge in [-0.2, -0.15) is 0 Å². The minimum Gasteiger partial charge on any atom is -0.494 e. The van der Waals surface area contributed by atoms with Crippen molar-refractivity contribution in [2.45, 2.75) is 12.8 Å². The van der Waals surface area contributed by atoms with Crippen molar-refractivity contribution in [3.63, 3.8) is 0 Å². The SMILES string of the molecule is O=C(CCCOc1ccccc1)Nc1cccn2cc(-c3ccc(-c4ccccc4)cc3)nc12. The lowest BCUT2D eigenvalue weighted by Gasteiger charge is -2.08. The van der Waals surface area contributed by atoms with Crippen molar-refractivity contribution < 1.29 is 9.53 Å². The summed E-state index contributed by atoms with van der Waals surface area (Å²) in [5.41, 5.74) is 5.65. The second-order valence-electron chi connectivity index (χ2n) is 8.04. The number of hydrogen-bond donors (Lipinski definition) is 1. The molecule has 3 aromatic carbocycles. The number of benzene rings is 3. The van der Waals surface area contributed by atoms with E-state index in [-0.39, 0.29) is 5.91 Å². The van der Waals surface area contributed by atoms with Crippen LogP contribution in [0.1, 0.15) is 12.8 Å². The lowest BCUT2D eigenvalue weighted by molar-refractivity contribution is -0.116. The predicted molar refractivity (Wildman–Crippen MR) is 136 cm³/mol. The Morgan fingerprint density at radius 2 is 1.47 bits per heavy atom. The van der Waals surface area contributed by atoms with E-state index >= 15 is 0 Å². The molecule has 2 heterocycles. The quantitative estimate of drug-likeness (QED) is 0.278. The molecule has 0 aliphatic rings. The van der Waals surface area contributed by atoms with Gasteiger partial charge in [-0.15, -0.1) is 0 Å². The molecule has 5 rings (SSSR count). The minimum absolute atomic E-state index is 0.0541. The number of pyridine rings is 1. The number of ether oxygens (including phenoxy) is 1. The Morgan fingerprint density at radius 3 is 2.24 bits per heavy atom. The first-order chi connectivity index (χ1) is 16.8. The monoisotopic (exact) mass is 447 g/mol. The number of amides is 1. The van der Waals surface area contributed by atoms with Gasteiger partial charge in [0.15, 0.2) is 5.65 Å². The number of nitrogens with zero attached hydrogens (tertiary/aromatic N) is 2. The van der Waals surface area contributed by atoms with Crippen LogP contribution >= 0.6 is 0 Å². The number of imidazole rings is 1.